The van der Waals surface area contributed by atoms with E-state index in [4.69, 9.17) is 4.74 Å². The van der Waals surface area contributed by atoms with Gasteiger partial charge in [-0.1, -0.05) is 77.4 Å². The molecule has 3 aromatic rings. The molecule has 0 spiro atoms. The Kier molecular flexibility index (Phi) is 4.72. The molecule has 1 aliphatic heterocycles. The minimum absolute atomic E-state index is 0.107. The Morgan fingerprint density at radius 1 is 0.786 bits per heavy atom. The number of esters is 1. The third kappa shape index (κ3) is 3.21. The van der Waals surface area contributed by atoms with E-state index >= 15 is 0 Å². The summed E-state index contributed by atoms with van der Waals surface area (Å²) in [6.07, 6.45) is 0.107. The van der Waals surface area contributed by atoms with Gasteiger partial charge >= 0.3 is 5.97 Å². The number of rotatable bonds is 3. The van der Waals surface area contributed by atoms with E-state index in [9.17, 15) is 9.36 Å². The molecule has 4 rings (SSSR count). The van der Waals surface area contributed by atoms with Gasteiger partial charge in [-0.05, 0) is 26.8 Å². The summed E-state index contributed by atoms with van der Waals surface area (Å²) in [5, 5.41) is 1.54. The van der Waals surface area contributed by atoms with Crippen molar-refractivity contribution in [1.82, 2.24) is 0 Å². The van der Waals surface area contributed by atoms with Crippen molar-refractivity contribution in [2.24, 2.45) is 0 Å². The number of fused-ring (bicyclic) bond motifs is 1. The van der Waals surface area contributed by atoms with Crippen LogP contribution in [0.3, 0.4) is 0 Å². The maximum Gasteiger partial charge on any atom is 0.312 e. The summed E-state index contributed by atoms with van der Waals surface area (Å²) in [6, 6.07) is 21.4. The lowest BCUT2D eigenvalue weighted by atomic mass is 10.0. The van der Waals surface area contributed by atoms with Crippen LogP contribution in [-0.4, -0.2) is 5.97 Å². The van der Waals surface area contributed by atoms with Crippen LogP contribution < -0.4 is 15.3 Å². The van der Waals surface area contributed by atoms with Gasteiger partial charge in [0.05, 0.1) is 12.1 Å². The number of aryl methyl sites for hydroxylation is 3. The van der Waals surface area contributed by atoms with E-state index in [1.165, 1.54) is 0 Å². The molecule has 1 heterocycles. The highest BCUT2D eigenvalue weighted by atomic mass is 31.2. The standard InChI is InChI=1S/C24H23O3P/c1-16-4-9-19(10-5-16)28(26,20-11-6-17(2)7-12-20)23-15-24(25)27-22-13-8-18(3)14-21(22)23/h4-14,23H,15H2,1-3H3. The molecule has 3 nitrogen and oxygen atoms in total. The highest BCUT2D eigenvalue weighted by molar-refractivity contribution is 7.79. The number of hydrogen-bond donors (Lipinski definition) is 0. The van der Waals surface area contributed by atoms with Gasteiger partial charge in [-0.3, -0.25) is 4.79 Å². The zero-order valence-corrected chi connectivity index (χ0v) is 17.2. The lowest BCUT2D eigenvalue weighted by Gasteiger charge is -2.32. The summed E-state index contributed by atoms with van der Waals surface area (Å²) in [5.41, 5.74) is 3.69. The smallest absolute Gasteiger partial charge is 0.312 e. The second-order valence-corrected chi connectivity index (χ2v) is 10.5. The molecule has 1 unspecified atom stereocenters. The van der Waals surface area contributed by atoms with Gasteiger partial charge in [0.25, 0.3) is 0 Å². The second kappa shape index (κ2) is 7.07. The summed E-state index contributed by atoms with van der Waals surface area (Å²) in [7, 11) is -3.13. The SMILES string of the molecule is Cc1ccc(P(=O)(c2ccc(C)cc2)C2CC(=O)Oc3ccc(C)cc32)cc1. The molecule has 1 aliphatic rings. The molecule has 0 saturated carbocycles. The van der Waals surface area contributed by atoms with E-state index in [1.807, 2.05) is 87.5 Å². The van der Waals surface area contributed by atoms with Crippen molar-refractivity contribution >= 4 is 23.7 Å². The summed E-state index contributed by atoms with van der Waals surface area (Å²) >= 11 is 0. The van der Waals surface area contributed by atoms with Crippen molar-refractivity contribution in [3.8, 4) is 5.75 Å². The van der Waals surface area contributed by atoms with E-state index < -0.39 is 12.8 Å². The maximum absolute atomic E-state index is 14.8. The number of carbonyl (C=O) groups is 1. The van der Waals surface area contributed by atoms with Crippen LogP contribution >= 0.6 is 7.14 Å². The number of ether oxygens (including phenoxy) is 1. The largest absolute Gasteiger partial charge is 0.426 e. The summed E-state index contributed by atoms with van der Waals surface area (Å²) < 4.78 is 20.3. The first-order valence-corrected chi connectivity index (χ1v) is 11.2. The quantitative estimate of drug-likeness (QED) is 0.360. The third-order valence-corrected chi connectivity index (χ3v) is 8.85. The van der Waals surface area contributed by atoms with Crippen LogP contribution in [0.4, 0.5) is 0 Å². The van der Waals surface area contributed by atoms with Crippen molar-refractivity contribution < 1.29 is 14.1 Å². The molecule has 0 saturated heterocycles. The lowest BCUT2D eigenvalue weighted by Crippen LogP contribution is -2.28. The Bertz CT molecular complexity index is 1030. The molecular weight excluding hydrogens is 367 g/mol. The van der Waals surface area contributed by atoms with Crippen molar-refractivity contribution in [1.29, 1.82) is 0 Å². The maximum atomic E-state index is 14.8. The first-order chi connectivity index (χ1) is 13.4. The lowest BCUT2D eigenvalue weighted by molar-refractivity contribution is -0.135. The molecule has 1 atom stereocenters. The molecule has 28 heavy (non-hydrogen) atoms. The minimum atomic E-state index is -3.13. The Balaban J connectivity index is 1.98. The van der Waals surface area contributed by atoms with E-state index in [0.29, 0.717) is 5.75 Å². The Hall–Kier alpha value is -2.64. The normalized spacial score (nSPS) is 16.4. The van der Waals surface area contributed by atoms with Gasteiger partial charge in [-0.25, -0.2) is 0 Å². The van der Waals surface area contributed by atoms with Crippen LogP contribution in [0.1, 0.15) is 34.3 Å². The monoisotopic (exact) mass is 390 g/mol. The third-order valence-electron chi connectivity index (χ3n) is 5.38. The molecule has 4 heteroatoms. The van der Waals surface area contributed by atoms with Gasteiger partial charge in [0.15, 0.2) is 7.14 Å². The van der Waals surface area contributed by atoms with Crippen LogP contribution in [0, 0.1) is 20.8 Å². The van der Waals surface area contributed by atoms with Gasteiger partial charge < -0.3 is 9.30 Å². The summed E-state index contributed by atoms with van der Waals surface area (Å²) in [5.74, 6) is 0.187. The average Bonchev–Trinajstić information content (AvgIpc) is 2.68. The van der Waals surface area contributed by atoms with Crippen LogP contribution in [0.15, 0.2) is 66.7 Å². The van der Waals surface area contributed by atoms with Crippen LogP contribution in [-0.2, 0) is 9.36 Å². The highest BCUT2D eigenvalue weighted by Gasteiger charge is 2.43. The van der Waals surface area contributed by atoms with Crippen molar-refractivity contribution in [2.45, 2.75) is 32.9 Å². The number of hydrogen-bond acceptors (Lipinski definition) is 3. The average molecular weight is 390 g/mol. The zero-order chi connectivity index (χ0) is 19.9. The molecule has 3 aromatic carbocycles. The molecule has 0 fully saturated rings. The summed E-state index contributed by atoms with van der Waals surface area (Å²) in [6.45, 7) is 6.02. The van der Waals surface area contributed by atoms with Gasteiger partial charge in [-0.15, -0.1) is 0 Å². The van der Waals surface area contributed by atoms with E-state index in [1.54, 1.807) is 0 Å². The Morgan fingerprint density at radius 3 is 1.82 bits per heavy atom. The van der Waals surface area contributed by atoms with Gasteiger partial charge in [0.1, 0.15) is 5.75 Å². The van der Waals surface area contributed by atoms with Crippen molar-refractivity contribution in [3.05, 3.63) is 89.0 Å². The first kappa shape index (κ1) is 18.7. The first-order valence-electron chi connectivity index (χ1n) is 9.43. The van der Waals surface area contributed by atoms with Crippen molar-refractivity contribution in [3.63, 3.8) is 0 Å². The Labute approximate surface area is 165 Å². The fraction of sp³-hybridized carbons (Fsp3) is 0.208. The predicted octanol–water partition coefficient (Wildman–Crippen LogP) is 4.98. The molecule has 0 aliphatic carbocycles. The number of benzene rings is 3. The molecular formula is C24H23O3P. The predicted molar refractivity (Wildman–Crippen MR) is 113 cm³/mol. The molecule has 0 bridgehead atoms. The van der Waals surface area contributed by atoms with Crippen molar-refractivity contribution in [2.75, 3.05) is 0 Å². The van der Waals surface area contributed by atoms with Gasteiger partial charge in [0.2, 0.25) is 0 Å². The molecule has 0 aromatic heterocycles. The van der Waals surface area contributed by atoms with Gasteiger partial charge in [0, 0.05) is 16.2 Å². The molecule has 0 amide bonds. The second-order valence-electron chi connectivity index (χ2n) is 7.56. The molecule has 0 N–H and O–H groups in total. The van der Waals surface area contributed by atoms with E-state index in [0.717, 1.165) is 32.9 Å². The Morgan fingerprint density at radius 2 is 1.29 bits per heavy atom. The number of carbonyl (C=O) groups excluding carboxylic acids is 1. The zero-order valence-electron chi connectivity index (χ0n) is 16.3. The van der Waals surface area contributed by atoms with E-state index in [2.05, 4.69) is 0 Å². The fourth-order valence-corrected chi connectivity index (χ4v) is 7.02. The minimum Gasteiger partial charge on any atom is -0.426 e. The topological polar surface area (TPSA) is 43.4 Å². The fourth-order valence-electron chi connectivity index (χ4n) is 3.82. The van der Waals surface area contributed by atoms with Gasteiger partial charge in [-0.2, -0.15) is 0 Å². The highest BCUT2D eigenvalue weighted by Crippen LogP contribution is 2.61. The summed E-state index contributed by atoms with van der Waals surface area (Å²) in [4.78, 5) is 12.4. The van der Waals surface area contributed by atoms with Crippen LogP contribution in [0.5, 0.6) is 5.75 Å². The molecule has 142 valence electrons. The van der Waals surface area contributed by atoms with Crippen LogP contribution in [0.2, 0.25) is 0 Å². The van der Waals surface area contributed by atoms with Crippen LogP contribution in [0.25, 0.3) is 0 Å². The molecule has 0 radical (unpaired) electrons. The van der Waals surface area contributed by atoms with E-state index in [-0.39, 0.29) is 12.4 Å².